The van der Waals surface area contributed by atoms with Crippen LogP contribution in [0.3, 0.4) is 0 Å². The molecule has 0 radical (unpaired) electrons. The molecule has 1 fully saturated rings. The van der Waals surface area contributed by atoms with E-state index in [9.17, 15) is 4.79 Å². The van der Waals surface area contributed by atoms with E-state index in [1.807, 2.05) is 0 Å². The van der Waals surface area contributed by atoms with Crippen LogP contribution in [0.1, 0.15) is 26.2 Å². The average molecular weight is 333 g/mol. The summed E-state index contributed by atoms with van der Waals surface area (Å²) in [7, 11) is 0. The van der Waals surface area contributed by atoms with Gasteiger partial charge in [-0.3, -0.25) is 0 Å². The second-order valence-corrected chi connectivity index (χ2v) is 5.80. The molecule has 2 unspecified atom stereocenters. The van der Waals surface area contributed by atoms with Crippen LogP contribution in [-0.2, 0) is 14.3 Å². The Bertz CT molecular complexity index is 487. The highest BCUT2D eigenvalue weighted by molar-refractivity contribution is 6.35. The molecule has 1 aliphatic rings. The van der Waals surface area contributed by atoms with E-state index in [2.05, 4.69) is 0 Å². The molecule has 1 saturated heterocycles. The van der Waals surface area contributed by atoms with Crippen molar-refractivity contribution in [3.8, 4) is 5.75 Å². The molecule has 0 amide bonds. The smallest absolute Gasteiger partial charge is 0.340 e. The van der Waals surface area contributed by atoms with Gasteiger partial charge in [0.2, 0.25) is 0 Å². The summed E-state index contributed by atoms with van der Waals surface area (Å²) in [6, 6.07) is 4.68. The fourth-order valence-electron chi connectivity index (χ4n) is 2.01. The van der Waals surface area contributed by atoms with Crippen molar-refractivity contribution in [2.75, 3.05) is 13.2 Å². The Morgan fingerprint density at radius 1 is 1.43 bits per heavy atom. The number of ether oxygens (including phenoxy) is 3. The van der Waals surface area contributed by atoms with Gasteiger partial charge in [-0.2, -0.15) is 0 Å². The first kappa shape index (κ1) is 16.6. The van der Waals surface area contributed by atoms with Gasteiger partial charge in [0.05, 0.1) is 17.7 Å². The molecule has 0 saturated carbocycles. The van der Waals surface area contributed by atoms with E-state index < -0.39 is 12.1 Å². The SMILES string of the molecule is CC(OCC1CCCCO1)C(=O)Oc1ccc(Cl)cc1Cl. The zero-order valence-electron chi connectivity index (χ0n) is 11.8. The first-order valence-corrected chi connectivity index (χ1v) is 7.72. The maximum Gasteiger partial charge on any atom is 0.340 e. The standard InChI is InChI=1S/C15H18Cl2O4/c1-10(20-9-12-4-2-3-7-19-12)15(18)21-14-6-5-11(16)8-13(14)17/h5-6,8,10,12H,2-4,7,9H2,1H3. The lowest BCUT2D eigenvalue weighted by Crippen LogP contribution is -2.31. The molecule has 6 heteroatoms. The van der Waals surface area contributed by atoms with Gasteiger partial charge in [-0.1, -0.05) is 23.2 Å². The third-order valence-electron chi connectivity index (χ3n) is 3.24. The van der Waals surface area contributed by atoms with Crippen LogP contribution in [0.4, 0.5) is 0 Å². The normalized spacial score (nSPS) is 20.0. The number of hydrogen-bond acceptors (Lipinski definition) is 4. The monoisotopic (exact) mass is 332 g/mol. The quantitative estimate of drug-likeness (QED) is 0.606. The minimum absolute atomic E-state index is 0.0631. The predicted molar refractivity (Wildman–Crippen MR) is 81.1 cm³/mol. The second-order valence-electron chi connectivity index (χ2n) is 4.96. The molecule has 116 valence electrons. The van der Waals surface area contributed by atoms with Crippen molar-refractivity contribution >= 4 is 29.2 Å². The number of halogens is 2. The second kappa shape index (κ2) is 7.99. The molecule has 4 nitrogen and oxygen atoms in total. The van der Waals surface area contributed by atoms with Crippen LogP contribution < -0.4 is 4.74 Å². The molecule has 1 aromatic carbocycles. The number of benzene rings is 1. The van der Waals surface area contributed by atoms with Crippen molar-refractivity contribution < 1.29 is 19.0 Å². The van der Waals surface area contributed by atoms with Crippen LogP contribution in [0.15, 0.2) is 18.2 Å². The van der Waals surface area contributed by atoms with Crippen molar-refractivity contribution in [2.45, 2.75) is 38.4 Å². The van der Waals surface area contributed by atoms with Gasteiger partial charge in [-0.05, 0) is 44.4 Å². The van der Waals surface area contributed by atoms with Crippen molar-refractivity contribution in [3.63, 3.8) is 0 Å². The first-order valence-electron chi connectivity index (χ1n) is 6.96. The summed E-state index contributed by atoms with van der Waals surface area (Å²) in [6.45, 7) is 2.80. The number of esters is 1. The Morgan fingerprint density at radius 2 is 2.24 bits per heavy atom. The molecule has 1 heterocycles. The Kier molecular flexibility index (Phi) is 6.30. The van der Waals surface area contributed by atoms with Crippen LogP contribution >= 0.6 is 23.2 Å². The minimum Gasteiger partial charge on any atom is -0.423 e. The molecule has 0 aliphatic carbocycles. The molecule has 2 rings (SSSR count). The van der Waals surface area contributed by atoms with E-state index >= 15 is 0 Å². The lowest BCUT2D eigenvalue weighted by Gasteiger charge is -2.23. The summed E-state index contributed by atoms with van der Waals surface area (Å²) < 4.78 is 16.3. The van der Waals surface area contributed by atoms with E-state index in [0.29, 0.717) is 16.7 Å². The van der Waals surface area contributed by atoms with E-state index in [4.69, 9.17) is 37.4 Å². The highest BCUT2D eigenvalue weighted by atomic mass is 35.5. The van der Waals surface area contributed by atoms with Gasteiger partial charge in [0.1, 0.15) is 5.75 Å². The van der Waals surface area contributed by atoms with E-state index in [-0.39, 0.29) is 11.9 Å². The van der Waals surface area contributed by atoms with Crippen molar-refractivity contribution in [1.82, 2.24) is 0 Å². The summed E-state index contributed by atoms with van der Waals surface area (Å²) in [5, 5.41) is 0.775. The molecule has 1 aliphatic heterocycles. The molecular weight excluding hydrogens is 315 g/mol. The van der Waals surface area contributed by atoms with E-state index in [1.54, 1.807) is 19.1 Å². The lowest BCUT2D eigenvalue weighted by molar-refractivity contribution is -0.149. The summed E-state index contributed by atoms with van der Waals surface area (Å²) in [5.41, 5.74) is 0. The summed E-state index contributed by atoms with van der Waals surface area (Å²) in [4.78, 5) is 11.9. The van der Waals surface area contributed by atoms with Gasteiger partial charge in [0.15, 0.2) is 6.10 Å². The molecule has 21 heavy (non-hydrogen) atoms. The summed E-state index contributed by atoms with van der Waals surface area (Å²) in [6.07, 6.45) is 2.57. The van der Waals surface area contributed by atoms with Gasteiger partial charge >= 0.3 is 5.97 Å². The molecule has 0 aromatic heterocycles. The van der Waals surface area contributed by atoms with Gasteiger partial charge in [0.25, 0.3) is 0 Å². The lowest BCUT2D eigenvalue weighted by atomic mass is 10.1. The summed E-state index contributed by atoms with van der Waals surface area (Å²) >= 11 is 11.7. The van der Waals surface area contributed by atoms with Gasteiger partial charge in [-0.15, -0.1) is 0 Å². The number of rotatable bonds is 5. The Morgan fingerprint density at radius 3 is 2.90 bits per heavy atom. The predicted octanol–water partition coefficient (Wildman–Crippen LogP) is 3.87. The zero-order valence-corrected chi connectivity index (χ0v) is 13.3. The van der Waals surface area contributed by atoms with Crippen LogP contribution in [-0.4, -0.2) is 31.4 Å². The highest BCUT2D eigenvalue weighted by Crippen LogP contribution is 2.27. The van der Waals surface area contributed by atoms with Crippen LogP contribution in [0.5, 0.6) is 5.75 Å². The molecule has 1 aromatic rings. The number of carbonyl (C=O) groups excluding carboxylic acids is 1. The fraction of sp³-hybridized carbons (Fsp3) is 0.533. The van der Waals surface area contributed by atoms with Crippen molar-refractivity contribution in [3.05, 3.63) is 28.2 Å². The topological polar surface area (TPSA) is 44.8 Å². The molecular formula is C15H18Cl2O4. The third-order valence-corrected chi connectivity index (χ3v) is 3.77. The Labute approximate surface area is 134 Å². The number of hydrogen-bond donors (Lipinski definition) is 0. The first-order chi connectivity index (χ1) is 10.1. The molecule has 0 spiro atoms. The van der Waals surface area contributed by atoms with Crippen molar-refractivity contribution in [1.29, 1.82) is 0 Å². The number of carbonyl (C=O) groups is 1. The third kappa shape index (κ3) is 5.15. The molecule has 0 bridgehead atoms. The van der Waals surface area contributed by atoms with Crippen molar-refractivity contribution in [2.24, 2.45) is 0 Å². The Balaban J connectivity index is 1.81. The van der Waals surface area contributed by atoms with Crippen LogP contribution in [0, 0.1) is 0 Å². The van der Waals surface area contributed by atoms with E-state index in [1.165, 1.54) is 6.07 Å². The zero-order chi connectivity index (χ0) is 15.2. The van der Waals surface area contributed by atoms with Gasteiger partial charge in [-0.25, -0.2) is 4.79 Å². The van der Waals surface area contributed by atoms with Crippen LogP contribution in [0.25, 0.3) is 0 Å². The van der Waals surface area contributed by atoms with E-state index in [0.717, 1.165) is 25.9 Å². The van der Waals surface area contributed by atoms with Gasteiger partial charge in [0, 0.05) is 11.6 Å². The largest absolute Gasteiger partial charge is 0.423 e. The molecule has 0 N–H and O–H groups in total. The Hall–Kier alpha value is -0.810. The summed E-state index contributed by atoms with van der Waals surface area (Å²) in [5.74, 6) is -0.217. The molecule has 2 atom stereocenters. The average Bonchev–Trinajstić information content (AvgIpc) is 2.48. The fourth-order valence-corrected chi connectivity index (χ4v) is 2.45. The van der Waals surface area contributed by atoms with Gasteiger partial charge < -0.3 is 14.2 Å². The maximum absolute atomic E-state index is 11.9. The maximum atomic E-state index is 11.9. The minimum atomic E-state index is -0.678. The van der Waals surface area contributed by atoms with Crippen LogP contribution in [0.2, 0.25) is 10.0 Å². The highest BCUT2D eigenvalue weighted by Gasteiger charge is 2.21.